The first-order valence-electron chi connectivity index (χ1n) is 45.5. The number of amides is 2. The molecule has 131 heavy (non-hydrogen) atoms. The van der Waals surface area contributed by atoms with E-state index in [1.807, 2.05) is 177 Å². The van der Waals surface area contributed by atoms with Crippen LogP contribution in [0.1, 0.15) is 239 Å². The topological polar surface area (TPSA) is 475 Å². The highest BCUT2D eigenvalue weighted by Crippen LogP contribution is 2.38. The van der Waals surface area contributed by atoms with Crippen molar-refractivity contribution in [3.63, 3.8) is 0 Å². The van der Waals surface area contributed by atoms with Crippen molar-refractivity contribution in [3.05, 3.63) is 216 Å². The van der Waals surface area contributed by atoms with Gasteiger partial charge in [-0.05, 0) is 159 Å². The lowest BCUT2D eigenvalue weighted by atomic mass is 9.73. The minimum atomic E-state index is -3.96. The molecule has 26 nitrogen and oxygen atoms in total. The highest BCUT2D eigenvalue weighted by molar-refractivity contribution is 7.89. The van der Waals surface area contributed by atoms with Crippen molar-refractivity contribution in [2.75, 3.05) is 72.1 Å². The van der Waals surface area contributed by atoms with Crippen molar-refractivity contribution in [3.8, 4) is 11.5 Å². The van der Waals surface area contributed by atoms with Gasteiger partial charge >= 0.3 is 0 Å². The number of para-hydroxylation sites is 1. The Morgan fingerprint density at radius 2 is 0.817 bits per heavy atom. The van der Waals surface area contributed by atoms with Crippen molar-refractivity contribution < 1.29 is 27.5 Å². The minimum Gasteiger partial charge on any atom is -0.494 e. The molecule has 27 heteroatoms. The Kier molecular flexibility index (Phi) is 49.2. The number of hydrogen-bond donors (Lipinski definition) is 15. The van der Waals surface area contributed by atoms with Crippen molar-refractivity contribution in [1.29, 1.82) is 32.5 Å². The Bertz CT molecular complexity index is 4890. The normalized spacial score (nSPS) is 13.5. The fraction of sp³-hybridized carbons (Fsp3) is 0.490. The maximum Gasteiger partial charge on any atom is 0.241 e. The number of aliphatic imine (C=N–C) groups is 1. The number of nitrogen functional groups attached to an aromatic ring is 4. The van der Waals surface area contributed by atoms with E-state index in [-0.39, 0.29) is 74.1 Å². The van der Waals surface area contributed by atoms with Crippen LogP contribution in [0.3, 0.4) is 0 Å². The van der Waals surface area contributed by atoms with Crippen LogP contribution in [-0.4, -0.2) is 159 Å². The molecule has 10 rings (SSSR count). The largest absolute Gasteiger partial charge is 0.494 e. The number of benzene rings is 8. The number of nitrogens with zero attached hydrogens (tertiary/aromatic N) is 5. The first-order valence-corrected chi connectivity index (χ1v) is 47.0. The van der Waals surface area contributed by atoms with E-state index in [2.05, 4.69) is 146 Å². The molecule has 23 N–H and O–H groups in total. The van der Waals surface area contributed by atoms with Gasteiger partial charge in [-0.25, -0.2) is 13.4 Å². The van der Waals surface area contributed by atoms with E-state index in [0.29, 0.717) is 104 Å². The van der Waals surface area contributed by atoms with Crippen LogP contribution in [0.15, 0.2) is 204 Å². The third-order valence-electron chi connectivity index (χ3n) is 21.0. The quantitative estimate of drug-likeness (QED) is 0.0152. The second-order valence-corrected chi connectivity index (χ2v) is 42.5. The summed E-state index contributed by atoms with van der Waals surface area (Å²) < 4.78 is 41.3. The van der Waals surface area contributed by atoms with Crippen LogP contribution in [0.4, 0.5) is 5.69 Å². The van der Waals surface area contributed by atoms with E-state index in [0.717, 1.165) is 90.0 Å². The number of guanidine groups is 2. The summed E-state index contributed by atoms with van der Waals surface area (Å²) in [4.78, 5) is 37.8. The average Bonchev–Trinajstić information content (AvgIpc) is 0.798. The second-order valence-electron chi connectivity index (χ2n) is 40.8. The Morgan fingerprint density at radius 1 is 0.427 bits per heavy atom. The summed E-state index contributed by atoms with van der Waals surface area (Å²) in [5.74, 6) is 2.00. The standard InChI is InChI=1S/C27H39N5O4S.C24H34N4O2.C11H10N2.C10H22N4.C7H9N3.C7H8N2.3C6H14/c1-27(2,3)19-25(33)31-14-16-32(17-15-31)26(34)23(10-6-7-11-24(28)29)30-37(35,36)22-13-12-20-8-4-5-9-21(20)18-22;1-23(2,3)15-24(4,16-30-20-11-7-18(8-12-20)22(27)28)13-14-29-19-9-5-17(6-10-19)21(25)26;12-11(13)10-6-5-8-3-1-2-4-9(8)7-10;1-10(2,3)8-13-4-6-14(7-5-13)9(11)12;8-7(9)10-6-4-2-1-3-5-6;8-7(9)6-4-2-1-3-5-6;3*1-5-6(2,3)4/h4-5,8-9,12-13,18,23,30H,6-7,10-11,14-17,19H2,1-3H3,(H3,28,29);5-12H,13-16H2,1-4H3,(H3,25,26)(H3,27,28);1-7H,(H3,12,13);4-8H2,1-3H3,(H3,11,12);1-5H,(H4,8,9,10);1-5H,(H3,8,9);3*5H2,1-4H3/t23-;;;;;;;;/m0......../s1. The molecule has 2 aliphatic heterocycles. The van der Waals surface area contributed by atoms with Crippen molar-refractivity contribution in [2.24, 2.45) is 88.8 Å². The Morgan fingerprint density at radius 3 is 1.21 bits per heavy atom. The van der Waals surface area contributed by atoms with Gasteiger partial charge in [0.1, 0.15) is 40.9 Å². The molecule has 8 aromatic carbocycles. The third kappa shape index (κ3) is 51.7. The molecule has 1 unspecified atom stereocenters. The monoisotopic (exact) mass is 1820 g/mol. The summed E-state index contributed by atoms with van der Waals surface area (Å²) >= 11 is 0. The number of nitrogens with one attached hydrogen (secondary N) is 7. The molecular weight excluding hydrogens is 1660 g/mol. The predicted octanol–water partition coefficient (Wildman–Crippen LogP) is 19.2. The highest BCUT2D eigenvalue weighted by Gasteiger charge is 2.34. The highest BCUT2D eigenvalue weighted by atomic mass is 32.2. The summed E-state index contributed by atoms with van der Waals surface area (Å²) in [7, 11) is -3.96. The number of amidine groups is 5. The molecule has 0 spiro atoms. The molecule has 0 saturated carbocycles. The molecule has 2 fully saturated rings. The number of fused-ring (bicyclic) bond motifs is 2. The number of piperazine rings is 2. The van der Waals surface area contributed by atoms with Crippen LogP contribution < -0.4 is 60.1 Å². The molecule has 0 aliphatic carbocycles. The van der Waals surface area contributed by atoms with Gasteiger partial charge in [0.25, 0.3) is 0 Å². The summed E-state index contributed by atoms with van der Waals surface area (Å²) in [5.41, 5.74) is 48.4. The number of carbonyl (C=O) groups is 2. The summed E-state index contributed by atoms with van der Waals surface area (Å²) in [6, 6.07) is 58.4. The lowest BCUT2D eigenvalue weighted by Gasteiger charge is -2.37. The van der Waals surface area contributed by atoms with Crippen molar-refractivity contribution in [2.45, 2.75) is 227 Å². The van der Waals surface area contributed by atoms with Gasteiger partial charge in [0, 0.05) is 99.4 Å². The summed E-state index contributed by atoms with van der Waals surface area (Å²) in [6.07, 6.45) is 7.89. The van der Waals surface area contributed by atoms with Crippen molar-refractivity contribution in [1.82, 2.24) is 24.3 Å². The smallest absolute Gasteiger partial charge is 0.241 e. The molecule has 2 heterocycles. The van der Waals surface area contributed by atoms with Crippen LogP contribution in [0.2, 0.25) is 0 Å². The number of hydrogen-bond acceptors (Lipinski definition) is 14. The maximum absolute atomic E-state index is 13.5. The van der Waals surface area contributed by atoms with Crippen molar-refractivity contribution >= 4 is 90.2 Å². The number of carbonyl (C=O) groups excluding carboxylic acids is 2. The van der Waals surface area contributed by atoms with Crippen LogP contribution in [-0.2, 0) is 19.6 Å². The van der Waals surface area contributed by atoms with E-state index < -0.39 is 16.1 Å². The first-order chi connectivity index (χ1) is 60.8. The average molecular weight is 1820 g/mol. The summed E-state index contributed by atoms with van der Waals surface area (Å²) in [5, 5.41) is 48.0. The molecule has 0 radical (unpaired) electrons. The Balaban J connectivity index is 0.000000544. The van der Waals surface area contributed by atoms with Crippen LogP contribution >= 0.6 is 0 Å². The first kappa shape index (κ1) is 116. The zero-order chi connectivity index (χ0) is 99.3. The molecule has 8 aromatic rings. The van der Waals surface area contributed by atoms with Crippen LogP contribution in [0, 0.1) is 70.4 Å². The van der Waals surface area contributed by atoms with E-state index >= 15 is 0 Å². The van der Waals surface area contributed by atoms with Gasteiger partial charge in [0.15, 0.2) is 11.9 Å². The zero-order valence-electron chi connectivity index (χ0n) is 83.1. The third-order valence-corrected chi connectivity index (χ3v) is 22.5. The van der Waals surface area contributed by atoms with Gasteiger partial charge in [-0.2, -0.15) is 4.72 Å². The van der Waals surface area contributed by atoms with Gasteiger partial charge < -0.3 is 70.0 Å². The molecule has 0 aromatic heterocycles. The lowest BCUT2D eigenvalue weighted by molar-refractivity contribution is -0.141. The number of nitrogens with two attached hydrogens (primary N) is 8. The van der Waals surface area contributed by atoms with Gasteiger partial charge in [0.05, 0.1) is 29.6 Å². The molecule has 2 aliphatic rings. The van der Waals surface area contributed by atoms with E-state index in [1.54, 1.807) is 52.3 Å². The maximum atomic E-state index is 13.5. The molecule has 2 atom stereocenters. The van der Waals surface area contributed by atoms with Gasteiger partial charge in [0.2, 0.25) is 21.8 Å². The Hall–Kier alpha value is -11.4. The van der Waals surface area contributed by atoms with E-state index in [9.17, 15) is 18.0 Å². The SMILES string of the molecule is CC(C)(C)CC(=O)N1CCN(C(=O)[C@H](CCCCC(=N)N)NS(=O)(=O)c2ccc3ccccc3c2)CC1.CC(C)(C)CC(C)(CCOc1ccc(C(=N)N)cc1)COc1ccc(C(=N)N)cc1.CC(C)(C)CN1CCN(C(=N)N)CC1.CCC(C)(C)C.CCC(C)(C)C.CCC(C)(C)C.N=C(N)c1ccc2ccccc2c1.N=C(N)c1ccccc1.NC(N)=Nc1ccccc1. The van der Waals surface area contributed by atoms with E-state index in [1.165, 1.54) is 24.6 Å². The number of ether oxygens (including phenoxy) is 2. The molecule has 722 valence electrons. The minimum absolute atomic E-state index is 0.0487. The van der Waals surface area contributed by atoms with E-state index in [4.69, 9.17) is 87.8 Å². The lowest BCUT2D eigenvalue weighted by Crippen LogP contribution is -2.56. The Labute approximate surface area is 786 Å². The molecule has 2 saturated heterocycles. The predicted molar refractivity (Wildman–Crippen MR) is 551 cm³/mol. The van der Waals surface area contributed by atoms with Crippen LogP contribution in [0.25, 0.3) is 21.5 Å². The second kappa shape index (κ2) is 55.7. The summed E-state index contributed by atoms with van der Waals surface area (Å²) in [6.45, 7) is 56.2. The number of unbranched alkanes of at least 4 members (excludes halogenated alkanes) is 1. The fourth-order valence-electron chi connectivity index (χ4n) is 12.5. The van der Waals surface area contributed by atoms with Crippen LogP contribution in [0.5, 0.6) is 11.5 Å². The fourth-order valence-corrected chi connectivity index (χ4v) is 13.8. The number of sulfonamides is 1. The van der Waals surface area contributed by atoms with Gasteiger partial charge in [-0.1, -0.05) is 293 Å². The van der Waals surface area contributed by atoms with Gasteiger partial charge in [-0.15, -0.1) is 0 Å². The number of rotatable bonds is 24. The zero-order valence-corrected chi connectivity index (χ0v) is 83.9. The molecular formula is C104H164N20O6S. The van der Waals surface area contributed by atoms with Gasteiger partial charge in [-0.3, -0.25) is 46.9 Å². The molecule has 0 bridgehead atoms. The molecule has 2 amide bonds.